The summed E-state index contributed by atoms with van der Waals surface area (Å²) in [5.41, 5.74) is 4.73. The zero-order chi connectivity index (χ0) is 13.6. The van der Waals surface area contributed by atoms with Crippen LogP contribution in [0.15, 0.2) is 18.2 Å². The highest BCUT2D eigenvalue weighted by atomic mass is 15.2. The summed E-state index contributed by atoms with van der Waals surface area (Å²) in [6, 6.07) is 6.66. The van der Waals surface area contributed by atoms with Gasteiger partial charge in [0.2, 0.25) is 0 Å². The summed E-state index contributed by atoms with van der Waals surface area (Å²) in [7, 11) is 0. The average molecular weight is 258 g/mol. The van der Waals surface area contributed by atoms with Crippen molar-refractivity contribution in [1.29, 1.82) is 0 Å². The van der Waals surface area contributed by atoms with E-state index in [1.54, 1.807) is 0 Å². The van der Waals surface area contributed by atoms with Crippen LogP contribution in [-0.4, -0.2) is 30.1 Å². The monoisotopic (exact) mass is 258 g/mol. The number of benzene rings is 1. The van der Waals surface area contributed by atoms with E-state index in [0.717, 1.165) is 18.4 Å². The molecule has 2 saturated heterocycles. The predicted octanol–water partition coefficient (Wildman–Crippen LogP) is 2.73. The van der Waals surface area contributed by atoms with Crippen molar-refractivity contribution in [2.24, 2.45) is 11.8 Å². The highest BCUT2D eigenvalue weighted by Gasteiger charge is 2.49. The molecule has 1 N–H and O–H groups in total. The van der Waals surface area contributed by atoms with E-state index in [9.17, 15) is 0 Å². The Morgan fingerprint density at radius 3 is 2.53 bits per heavy atom. The van der Waals surface area contributed by atoms with E-state index in [2.05, 4.69) is 56.1 Å². The van der Waals surface area contributed by atoms with Crippen LogP contribution < -0.4 is 5.32 Å². The summed E-state index contributed by atoms with van der Waals surface area (Å²) >= 11 is 0. The number of likely N-dealkylation sites (tertiary alicyclic amines) is 1. The van der Waals surface area contributed by atoms with E-state index in [4.69, 9.17) is 0 Å². The van der Waals surface area contributed by atoms with Gasteiger partial charge in [-0.2, -0.15) is 0 Å². The maximum Gasteiger partial charge on any atom is 0.0244 e. The molecule has 2 unspecified atom stereocenters. The van der Waals surface area contributed by atoms with Crippen LogP contribution in [0.2, 0.25) is 0 Å². The first kappa shape index (κ1) is 13.1. The van der Waals surface area contributed by atoms with Gasteiger partial charge in [0.25, 0.3) is 0 Å². The van der Waals surface area contributed by atoms with Gasteiger partial charge in [-0.05, 0) is 62.8 Å². The first-order valence-electron chi connectivity index (χ1n) is 7.51. The summed E-state index contributed by atoms with van der Waals surface area (Å²) in [4.78, 5) is 2.71. The molecule has 3 rings (SSSR count). The molecule has 104 valence electrons. The minimum absolute atomic E-state index is 0.322. The van der Waals surface area contributed by atoms with E-state index < -0.39 is 0 Å². The van der Waals surface area contributed by atoms with Gasteiger partial charge in [-0.25, -0.2) is 0 Å². The topological polar surface area (TPSA) is 15.3 Å². The van der Waals surface area contributed by atoms with E-state index in [-0.39, 0.29) is 0 Å². The Morgan fingerprint density at radius 2 is 1.89 bits per heavy atom. The number of nitrogens with zero attached hydrogens (tertiary/aromatic N) is 1. The van der Waals surface area contributed by atoms with Crippen molar-refractivity contribution in [2.75, 3.05) is 19.6 Å². The van der Waals surface area contributed by atoms with Crippen LogP contribution in [0.3, 0.4) is 0 Å². The molecule has 0 spiro atoms. The van der Waals surface area contributed by atoms with Gasteiger partial charge in [0.1, 0.15) is 0 Å². The van der Waals surface area contributed by atoms with Gasteiger partial charge in [-0.1, -0.05) is 18.2 Å². The Balaban J connectivity index is 1.84. The zero-order valence-electron chi connectivity index (χ0n) is 12.7. The van der Waals surface area contributed by atoms with Crippen molar-refractivity contribution in [3.63, 3.8) is 0 Å². The van der Waals surface area contributed by atoms with Gasteiger partial charge in [0, 0.05) is 25.2 Å². The van der Waals surface area contributed by atoms with Crippen LogP contribution in [0.25, 0.3) is 0 Å². The molecule has 2 atom stereocenters. The van der Waals surface area contributed by atoms with Crippen LogP contribution in [0.5, 0.6) is 0 Å². The summed E-state index contributed by atoms with van der Waals surface area (Å²) < 4.78 is 0. The van der Waals surface area contributed by atoms with E-state index in [0.29, 0.717) is 5.54 Å². The average Bonchev–Trinajstić information content (AvgIpc) is 2.88. The molecule has 2 nitrogen and oxygen atoms in total. The lowest BCUT2D eigenvalue weighted by Gasteiger charge is -2.36. The molecule has 2 aliphatic rings. The van der Waals surface area contributed by atoms with Gasteiger partial charge >= 0.3 is 0 Å². The van der Waals surface area contributed by atoms with Gasteiger partial charge in [0.15, 0.2) is 0 Å². The molecule has 0 radical (unpaired) electrons. The predicted molar refractivity (Wildman–Crippen MR) is 80.3 cm³/mol. The highest BCUT2D eigenvalue weighted by Crippen LogP contribution is 2.41. The number of hydrogen-bond acceptors (Lipinski definition) is 2. The molecule has 0 aliphatic carbocycles. The number of aryl methyl sites for hydroxylation is 2. The second-order valence-electron chi connectivity index (χ2n) is 6.93. The lowest BCUT2D eigenvalue weighted by Crippen LogP contribution is -2.44. The minimum atomic E-state index is 0.322. The van der Waals surface area contributed by atoms with Crippen LogP contribution in [0.4, 0.5) is 0 Å². The quantitative estimate of drug-likeness (QED) is 0.877. The van der Waals surface area contributed by atoms with Gasteiger partial charge in [-0.3, -0.25) is 4.90 Å². The van der Waals surface area contributed by atoms with E-state index in [1.807, 2.05) is 0 Å². The third-order valence-corrected chi connectivity index (χ3v) is 5.51. The Morgan fingerprint density at radius 1 is 1.21 bits per heavy atom. The maximum absolute atomic E-state index is 3.56. The van der Waals surface area contributed by atoms with Crippen LogP contribution >= 0.6 is 0 Å². The first-order valence-corrected chi connectivity index (χ1v) is 7.51. The third-order valence-electron chi connectivity index (χ3n) is 5.51. The molecular formula is C17H26N2. The highest BCUT2D eigenvalue weighted by molar-refractivity contribution is 5.33. The second kappa shape index (κ2) is 4.60. The molecule has 2 heterocycles. The number of fused-ring (bicyclic) bond motifs is 1. The van der Waals surface area contributed by atoms with Crippen molar-refractivity contribution in [3.05, 3.63) is 34.9 Å². The molecule has 1 aromatic carbocycles. The molecular weight excluding hydrogens is 232 g/mol. The van der Waals surface area contributed by atoms with Crippen LogP contribution in [0.1, 0.15) is 30.5 Å². The van der Waals surface area contributed by atoms with Gasteiger partial charge in [0.05, 0.1) is 0 Å². The molecule has 0 amide bonds. The molecule has 2 fully saturated rings. The maximum atomic E-state index is 3.56. The van der Waals surface area contributed by atoms with Crippen molar-refractivity contribution in [2.45, 2.75) is 39.8 Å². The third kappa shape index (κ3) is 2.11. The van der Waals surface area contributed by atoms with Crippen LogP contribution in [-0.2, 0) is 6.54 Å². The fraction of sp³-hybridized carbons (Fsp3) is 0.647. The largest absolute Gasteiger partial charge is 0.316 e. The van der Waals surface area contributed by atoms with Crippen LogP contribution in [0, 0.1) is 25.7 Å². The zero-order valence-corrected chi connectivity index (χ0v) is 12.7. The second-order valence-corrected chi connectivity index (χ2v) is 6.93. The fourth-order valence-corrected chi connectivity index (χ4v) is 4.06. The number of rotatable bonds is 2. The lowest BCUT2D eigenvalue weighted by atomic mass is 9.84. The summed E-state index contributed by atoms with van der Waals surface area (Å²) in [6.07, 6.45) is 0. The first-order chi connectivity index (χ1) is 9.00. The van der Waals surface area contributed by atoms with Gasteiger partial charge < -0.3 is 5.32 Å². The standard InChI is InChI=1S/C17H26N2/c1-12-6-5-7-13(2)15(12)11-19-10-14-8-18-9-16(14)17(19,3)4/h5-7,14,16,18H,8-11H2,1-4H3. The summed E-state index contributed by atoms with van der Waals surface area (Å²) in [5.74, 6) is 1.66. The smallest absolute Gasteiger partial charge is 0.0244 e. The van der Waals surface area contributed by atoms with E-state index in [1.165, 1.54) is 36.3 Å². The Hall–Kier alpha value is -0.860. The molecule has 0 bridgehead atoms. The van der Waals surface area contributed by atoms with E-state index >= 15 is 0 Å². The summed E-state index contributed by atoms with van der Waals surface area (Å²) in [5, 5.41) is 3.56. The SMILES string of the molecule is Cc1cccc(C)c1CN1CC2CNCC2C1(C)C. The molecule has 2 aliphatic heterocycles. The number of hydrogen-bond donors (Lipinski definition) is 1. The fourth-order valence-electron chi connectivity index (χ4n) is 4.06. The van der Waals surface area contributed by atoms with Crippen molar-refractivity contribution >= 4 is 0 Å². The Kier molecular flexibility index (Phi) is 3.18. The van der Waals surface area contributed by atoms with Crippen molar-refractivity contribution in [3.8, 4) is 0 Å². The molecule has 0 saturated carbocycles. The lowest BCUT2D eigenvalue weighted by molar-refractivity contribution is 0.131. The van der Waals surface area contributed by atoms with Gasteiger partial charge in [-0.15, -0.1) is 0 Å². The normalized spacial score (nSPS) is 29.7. The minimum Gasteiger partial charge on any atom is -0.316 e. The summed E-state index contributed by atoms with van der Waals surface area (Å²) in [6.45, 7) is 14.1. The molecule has 19 heavy (non-hydrogen) atoms. The Bertz CT molecular complexity index is 458. The number of nitrogens with one attached hydrogen (secondary N) is 1. The Labute approximate surface area is 117 Å². The molecule has 2 heteroatoms. The van der Waals surface area contributed by atoms with Crippen molar-refractivity contribution in [1.82, 2.24) is 10.2 Å². The molecule has 0 aromatic heterocycles. The molecule has 1 aromatic rings. The van der Waals surface area contributed by atoms with Crippen molar-refractivity contribution < 1.29 is 0 Å².